The lowest BCUT2D eigenvalue weighted by molar-refractivity contribution is -0.670. The molecular formula is C32H40N4O7S. The molecule has 2 heterocycles. The first-order valence-corrected chi connectivity index (χ1v) is 16.6. The predicted molar refractivity (Wildman–Crippen MR) is 169 cm³/mol. The van der Waals surface area contributed by atoms with Gasteiger partial charge in [0.25, 0.3) is 5.82 Å². The van der Waals surface area contributed by atoms with E-state index in [4.69, 9.17) is 9.47 Å². The van der Waals surface area contributed by atoms with E-state index in [0.717, 1.165) is 34.1 Å². The number of hydrogen-bond donors (Lipinski definition) is 0. The molecule has 0 saturated carbocycles. The minimum atomic E-state index is -4.38. The summed E-state index contributed by atoms with van der Waals surface area (Å²) in [6, 6.07) is 10.9. The molecular weight excluding hydrogens is 584 g/mol. The van der Waals surface area contributed by atoms with Gasteiger partial charge in [-0.25, -0.2) is 27.1 Å². The summed E-state index contributed by atoms with van der Waals surface area (Å²) in [6.45, 7) is 12.4. The number of allylic oxidation sites excluding steroid dienone is 2. The topological polar surface area (TPSA) is 125 Å². The number of rotatable bonds is 13. The monoisotopic (exact) mass is 624 g/mol. The van der Waals surface area contributed by atoms with Gasteiger partial charge in [0.15, 0.2) is 11.0 Å². The summed E-state index contributed by atoms with van der Waals surface area (Å²) in [5.74, 6) is 0.428. The van der Waals surface area contributed by atoms with Gasteiger partial charge in [0.1, 0.15) is 5.82 Å². The van der Waals surface area contributed by atoms with Crippen molar-refractivity contribution in [2.24, 2.45) is 0 Å². The van der Waals surface area contributed by atoms with Crippen molar-refractivity contribution in [3.8, 4) is 0 Å². The van der Waals surface area contributed by atoms with Crippen molar-refractivity contribution in [3.63, 3.8) is 0 Å². The molecule has 2 aromatic carbocycles. The fraction of sp³-hybridized carbons (Fsp3) is 0.406. The number of ether oxygens (including phenoxy) is 2. The van der Waals surface area contributed by atoms with Crippen molar-refractivity contribution < 1.29 is 36.6 Å². The van der Waals surface area contributed by atoms with Gasteiger partial charge >= 0.3 is 11.9 Å². The lowest BCUT2D eigenvalue weighted by Gasteiger charge is -2.23. The first-order valence-electron chi connectivity index (χ1n) is 15.0. The minimum absolute atomic E-state index is 0.121. The Bertz CT molecular complexity index is 1710. The van der Waals surface area contributed by atoms with E-state index in [0.29, 0.717) is 37.4 Å². The number of benzene rings is 2. The molecule has 11 nitrogen and oxygen atoms in total. The normalized spacial score (nSPS) is 14.2. The maximum absolute atomic E-state index is 12.5. The number of aryl methyl sites for hydroxylation is 2. The van der Waals surface area contributed by atoms with Crippen molar-refractivity contribution in [2.75, 3.05) is 41.9 Å². The lowest BCUT2D eigenvalue weighted by Crippen LogP contribution is -2.35. The van der Waals surface area contributed by atoms with Crippen LogP contribution in [0.15, 0.2) is 54.4 Å². The average Bonchev–Trinajstić information content (AvgIpc) is 3.46. The number of hydrogen-bond acceptors (Lipinski definition) is 9. The summed E-state index contributed by atoms with van der Waals surface area (Å²) in [5.41, 5.74) is 4.39. The number of aromatic nitrogens is 2. The second-order valence-electron chi connectivity index (χ2n) is 10.1. The SMILES string of the molecule is CCOC(=O)c1ccc2c(c1)N(CC)/C(=C/C=Cc1n(CCCS(=O)(=O)[O-])c3cc(C(=O)OCC)ccc3[n+]1CC)N2CC. The first kappa shape index (κ1) is 32.7. The highest BCUT2D eigenvalue weighted by Crippen LogP contribution is 2.42. The molecule has 0 radical (unpaired) electrons. The molecule has 236 valence electrons. The van der Waals surface area contributed by atoms with Crippen LogP contribution in [-0.2, 0) is 32.7 Å². The summed E-state index contributed by atoms with van der Waals surface area (Å²) in [5, 5.41) is 0. The zero-order chi connectivity index (χ0) is 32.0. The van der Waals surface area contributed by atoms with E-state index in [1.54, 1.807) is 32.0 Å². The summed E-state index contributed by atoms with van der Waals surface area (Å²) >= 11 is 0. The average molecular weight is 625 g/mol. The molecule has 0 N–H and O–H groups in total. The molecule has 1 aliphatic rings. The van der Waals surface area contributed by atoms with Crippen LogP contribution in [0.4, 0.5) is 11.4 Å². The second kappa shape index (κ2) is 14.1. The molecule has 0 spiro atoms. The van der Waals surface area contributed by atoms with Crippen LogP contribution in [0.2, 0.25) is 0 Å². The van der Waals surface area contributed by atoms with Gasteiger partial charge in [-0.15, -0.1) is 0 Å². The van der Waals surface area contributed by atoms with Gasteiger partial charge in [-0.3, -0.25) is 0 Å². The van der Waals surface area contributed by atoms with Crippen LogP contribution in [0, 0.1) is 0 Å². The smallest absolute Gasteiger partial charge is 0.338 e. The summed E-state index contributed by atoms with van der Waals surface area (Å²) in [4.78, 5) is 29.3. The number of fused-ring (bicyclic) bond motifs is 2. The predicted octanol–water partition coefficient (Wildman–Crippen LogP) is 4.46. The molecule has 0 atom stereocenters. The minimum Gasteiger partial charge on any atom is -0.748 e. The lowest BCUT2D eigenvalue weighted by atomic mass is 10.1. The van der Waals surface area contributed by atoms with E-state index in [1.165, 1.54) is 0 Å². The van der Waals surface area contributed by atoms with E-state index in [-0.39, 0.29) is 25.5 Å². The van der Waals surface area contributed by atoms with Gasteiger partial charge in [0.05, 0.1) is 58.9 Å². The molecule has 44 heavy (non-hydrogen) atoms. The Kier molecular flexibility index (Phi) is 10.5. The molecule has 0 fully saturated rings. The second-order valence-corrected chi connectivity index (χ2v) is 11.6. The van der Waals surface area contributed by atoms with E-state index in [9.17, 15) is 22.6 Å². The Morgan fingerprint density at radius 3 is 2.09 bits per heavy atom. The first-order chi connectivity index (χ1) is 21.1. The zero-order valence-electron chi connectivity index (χ0n) is 25.9. The van der Waals surface area contributed by atoms with Crippen LogP contribution < -0.4 is 14.4 Å². The van der Waals surface area contributed by atoms with Gasteiger partial charge in [-0.2, -0.15) is 0 Å². The van der Waals surface area contributed by atoms with Gasteiger partial charge in [0, 0.05) is 31.0 Å². The molecule has 0 aliphatic carbocycles. The highest BCUT2D eigenvalue weighted by atomic mass is 32.2. The number of imidazole rings is 1. The third-order valence-corrected chi connectivity index (χ3v) is 8.25. The molecule has 1 aliphatic heterocycles. The number of carbonyl (C=O) groups is 2. The number of anilines is 2. The Balaban J connectivity index is 1.78. The Hall–Kier alpha value is -4.16. The van der Waals surface area contributed by atoms with E-state index in [1.807, 2.05) is 54.8 Å². The highest BCUT2D eigenvalue weighted by molar-refractivity contribution is 7.85. The van der Waals surface area contributed by atoms with Crippen LogP contribution in [0.25, 0.3) is 17.1 Å². The Morgan fingerprint density at radius 1 is 0.886 bits per heavy atom. The quantitative estimate of drug-likeness (QED) is 0.154. The van der Waals surface area contributed by atoms with E-state index < -0.39 is 21.8 Å². The van der Waals surface area contributed by atoms with Crippen LogP contribution in [0.1, 0.15) is 67.6 Å². The van der Waals surface area contributed by atoms with Gasteiger partial charge in [0.2, 0.25) is 0 Å². The van der Waals surface area contributed by atoms with E-state index in [2.05, 4.69) is 21.3 Å². The van der Waals surface area contributed by atoms with Crippen LogP contribution in [0.3, 0.4) is 0 Å². The van der Waals surface area contributed by atoms with Crippen molar-refractivity contribution in [1.29, 1.82) is 0 Å². The van der Waals surface area contributed by atoms with Crippen LogP contribution in [-0.4, -0.2) is 61.5 Å². The molecule has 3 aromatic rings. The molecule has 12 heteroatoms. The molecule has 4 rings (SSSR count). The number of carbonyl (C=O) groups excluding carboxylic acids is 2. The number of esters is 2. The van der Waals surface area contributed by atoms with Gasteiger partial charge in [-0.05, 0) is 77.4 Å². The molecule has 0 unspecified atom stereocenters. The fourth-order valence-corrected chi connectivity index (χ4v) is 6.10. The van der Waals surface area contributed by atoms with E-state index >= 15 is 0 Å². The maximum Gasteiger partial charge on any atom is 0.338 e. The van der Waals surface area contributed by atoms with Crippen molar-refractivity contribution in [3.05, 3.63) is 71.3 Å². The van der Waals surface area contributed by atoms with Gasteiger partial charge in [-0.1, -0.05) is 6.08 Å². The van der Waals surface area contributed by atoms with Crippen molar-refractivity contribution in [2.45, 2.75) is 54.1 Å². The van der Waals surface area contributed by atoms with Crippen molar-refractivity contribution in [1.82, 2.24) is 4.57 Å². The summed E-state index contributed by atoms with van der Waals surface area (Å²) in [7, 11) is -4.38. The number of nitrogens with zero attached hydrogens (tertiary/aromatic N) is 4. The summed E-state index contributed by atoms with van der Waals surface area (Å²) in [6.07, 6.45) is 6.01. The Morgan fingerprint density at radius 2 is 1.50 bits per heavy atom. The molecule has 0 saturated heterocycles. The zero-order valence-corrected chi connectivity index (χ0v) is 26.7. The maximum atomic E-state index is 12.5. The third-order valence-electron chi connectivity index (χ3n) is 7.46. The van der Waals surface area contributed by atoms with Gasteiger partial charge < -0.3 is 23.8 Å². The molecule has 0 bridgehead atoms. The molecule has 0 amide bonds. The molecule has 1 aromatic heterocycles. The van der Waals surface area contributed by atoms with Crippen molar-refractivity contribution >= 4 is 50.5 Å². The van der Waals surface area contributed by atoms with Crippen LogP contribution in [0.5, 0.6) is 0 Å². The highest BCUT2D eigenvalue weighted by Gasteiger charge is 2.30. The van der Waals surface area contributed by atoms with Crippen LogP contribution >= 0.6 is 0 Å². The standard InChI is InChI=1S/C32H40N4O7S/c1-6-33-25-17-15-23(31(37)42-9-4)21-27(25)35(8-3)29(33)13-11-14-30-34(7-2)26-18-16-24(32(38)43-10-5)22-28(26)36(30)19-12-20-44(39,40)41/h11,13-18,21-22H,6-10,12,19-20H2,1-5H3. The largest absolute Gasteiger partial charge is 0.748 e. The fourth-order valence-electron chi connectivity index (χ4n) is 5.62. The Labute approximate surface area is 258 Å². The summed E-state index contributed by atoms with van der Waals surface area (Å²) < 4.78 is 48.6. The third kappa shape index (κ3) is 6.81.